The van der Waals surface area contributed by atoms with Crippen molar-refractivity contribution < 1.29 is 46.3 Å². The fraction of sp³-hybridized carbons (Fsp3) is 0.464. The number of hydrogen-bond acceptors (Lipinski definition) is 8. The molecule has 2 heterocycles. The van der Waals surface area contributed by atoms with Crippen molar-refractivity contribution in [1.82, 2.24) is 10.5 Å². The molecular formula is C28H31F4N3O6. The number of carbonyl (C=O) groups is 2. The third-order valence-electron chi connectivity index (χ3n) is 6.59. The van der Waals surface area contributed by atoms with Crippen LogP contribution in [0.3, 0.4) is 0 Å². The second kappa shape index (κ2) is 12.3. The second-order valence-electron chi connectivity index (χ2n) is 10.8. The molecule has 1 aliphatic heterocycles. The van der Waals surface area contributed by atoms with Crippen LogP contribution in [0, 0.1) is 29.2 Å². The molecule has 0 bridgehead atoms. The van der Waals surface area contributed by atoms with Gasteiger partial charge >= 0.3 is 5.97 Å². The maximum atomic E-state index is 14.0. The topological polar surface area (TPSA) is 114 Å². The normalized spacial score (nSPS) is 16.0. The number of nitrogens with one attached hydrogen (secondary N) is 1. The maximum absolute atomic E-state index is 14.0. The first-order chi connectivity index (χ1) is 19.3. The van der Waals surface area contributed by atoms with Crippen LogP contribution in [-0.4, -0.2) is 59.6 Å². The van der Waals surface area contributed by atoms with E-state index in [1.807, 2.05) is 23.1 Å². The molecule has 41 heavy (non-hydrogen) atoms. The lowest BCUT2D eigenvalue weighted by molar-refractivity contribution is -0.156. The Bertz CT molecular complexity index is 1380. The molecule has 2 N–H and O–H groups in total. The second-order valence-corrected chi connectivity index (χ2v) is 10.8. The Morgan fingerprint density at radius 1 is 1.12 bits per heavy atom. The van der Waals surface area contributed by atoms with E-state index in [-0.39, 0.29) is 6.07 Å². The minimum atomic E-state index is -1.78. The molecule has 13 heteroatoms. The number of ether oxygens (including phenoxy) is 2. The van der Waals surface area contributed by atoms with Crippen LogP contribution in [0.4, 0.5) is 23.4 Å². The lowest BCUT2D eigenvalue weighted by atomic mass is 9.94. The summed E-state index contributed by atoms with van der Waals surface area (Å²) in [5.74, 6) is -9.33. The summed E-state index contributed by atoms with van der Waals surface area (Å²) >= 11 is 0. The molecule has 1 amide bonds. The molecule has 0 spiro atoms. The van der Waals surface area contributed by atoms with Gasteiger partial charge in [-0.1, -0.05) is 17.3 Å². The SMILES string of the molecule is CC(C)(C)OC(=O)C[C@H](NC(=O)C1CCN(c2noc3ccccc23)CC1)C(O)COc1c(F)c(F)cc(F)c1F. The van der Waals surface area contributed by atoms with Crippen LogP contribution >= 0.6 is 0 Å². The molecule has 1 fully saturated rings. The van der Waals surface area contributed by atoms with Crippen LogP contribution in [0.2, 0.25) is 0 Å². The van der Waals surface area contributed by atoms with Crippen molar-refractivity contribution in [2.45, 2.75) is 57.8 Å². The van der Waals surface area contributed by atoms with E-state index in [1.54, 1.807) is 26.8 Å². The lowest BCUT2D eigenvalue weighted by Gasteiger charge is -2.33. The number of amides is 1. The molecule has 1 saturated heterocycles. The highest BCUT2D eigenvalue weighted by Crippen LogP contribution is 2.30. The summed E-state index contributed by atoms with van der Waals surface area (Å²) in [5.41, 5.74) is -0.222. The highest BCUT2D eigenvalue weighted by atomic mass is 19.2. The summed E-state index contributed by atoms with van der Waals surface area (Å²) in [6, 6.07) is 6.14. The van der Waals surface area contributed by atoms with Gasteiger partial charge in [0, 0.05) is 25.1 Å². The summed E-state index contributed by atoms with van der Waals surface area (Å²) in [6.07, 6.45) is -1.34. The molecule has 4 rings (SSSR count). The molecule has 9 nitrogen and oxygen atoms in total. The van der Waals surface area contributed by atoms with Crippen LogP contribution < -0.4 is 15.0 Å². The zero-order valence-corrected chi connectivity index (χ0v) is 22.8. The molecule has 1 aliphatic rings. The molecule has 1 unspecified atom stereocenters. The van der Waals surface area contributed by atoms with E-state index >= 15 is 0 Å². The van der Waals surface area contributed by atoms with Gasteiger partial charge in [0.1, 0.15) is 18.3 Å². The molecule has 0 saturated carbocycles. The Morgan fingerprint density at radius 2 is 1.76 bits per heavy atom. The van der Waals surface area contributed by atoms with Crippen molar-refractivity contribution in [3.63, 3.8) is 0 Å². The Balaban J connectivity index is 1.42. The molecule has 222 valence electrons. The predicted octanol–water partition coefficient (Wildman–Crippen LogP) is 4.26. The zero-order chi connectivity index (χ0) is 29.9. The molecular weight excluding hydrogens is 550 g/mol. The minimum Gasteiger partial charge on any atom is -0.485 e. The fourth-order valence-electron chi connectivity index (χ4n) is 4.56. The Kier molecular flexibility index (Phi) is 9.05. The number of rotatable bonds is 9. The van der Waals surface area contributed by atoms with Crippen molar-refractivity contribution in [1.29, 1.82) is 0 Å². The van der Waals surface area contributed by atoms with Crippen LogP contribution in [0.25, 0.3) is 11.0 Å². The van der Waals surface area contributed by atoms with Gasteiger partial charge in [0.15, 0.2) is 28.8 Å². The first-order valence-corrected chi connectivity index (χ1v) is 13.1. The number of aromatic nitrogens is 1. The molecule has 0 radical (unpaired) electrons. The predicted molar refractivity (Wildman–Crippen MR) is 139 cm³/mol. The summed E-state index contributed by atoms with van der Waals surface area (Å²) in [5, 5.41) is 18.4. The van der Waals surface area contributed by atoms with Gasteiger partial charge in [0.2, 0.25) is 17.5 Å². The zero-order valence-electron chi connectivity index (χ0n) is 22.8. The van der Waals surface area contributed by atoms with Crippen LogP contribution in [0.15, 0.2) is 34.9 Å². The highest BCUT2D eigenvalue weighted by Gasteiger charge is 2.33. The largest absolute Gasteiger partial charge is 0.485 e. The smallest absolute Gasteiger partial charge is 0.308 e. The summed E-state index contributed by atoms with van der Waals surface area (Å²) in [7, 11) is 0. The quantitative estimate of drug-likeness (QED) is 0.219. The van der Waals surface area contributed by atoms with Crippen LogP contribution in [0.1, 0.15) is 40.0 Å². The lowest BCUT2D eigenvalue weighted by Crippen LogP contribution is -2.50. The number of halogens is 4. The van der Waals surface area contributed by atoms with Gasteiger partial charge in [-0.3, -0.25) is 9.59 Å². The Hall–Kier alpha value is -3.87. The monoisotopic (exact) mass is 581 g/mol. The number of esters is 1. The van der Waals surface area contributed by atoms with E-state index in [1.165, 1.54) is 0 Å². The van der Waals surface area contributed by atoms with Gasteiger partial charge in [-0.25, -0.2) is 8.78 Å². The van der Waals surface area contributed by atoms with E-state index in [0.29, 0.717) is 37.3 Å². The number of hydrogen-bond donors (Lipinski definition) is 2. The number of piperidine rings is 1. The summed E-state index contributed by atoms with van der Waals surface area (Å²) in [4.78, 5) is 27.7. The van der Waals surface area contributed by atoms with Gasteiger partial charge in [-0.15, -0.1) is 0 Å². The third-order valence-corrected chi connectivity index (χ3v) is 6.59. The number of aliphatic hydroxyl groups is 1. The van der Waals surface area contributed by atoms with E-state index in [9.17, 15) is 32.3 Å². The van der Waals surface area contributed by atoms with Gasteiger partial charge < -0.3 is 29.3 Å². The number of nitrogens with zero attached hydrogens (tertiary/aromatic N) is 2. The molecule has 3 aromatic rings. The van der Waals surface area contributed by atoms with Gasteiger partial charge in [0.05, 0.1) is 17.8 Å². The van der Waals surface area contributed by atoms with Gasteiger partial charge in [-0.2, -0.15) is 8.78 Å². The van der Waals surface area contributed by atoms with Crippen molar-refractivity contribution in [3.8, 4) is 5.75 Å². The number of carbonyl (C=O) groups excluding carboxylic acids is 2. The number of benzene rings is 2. The summed E-state index contributed by atoms with van der Waals surface area (Å²) < 4.78 is 70.6. The Labute approximate surface area is 233 Å². The van der Waals surface area contributed by atoms with E-state index in [4.69, 9.17) is 14.0 Å². The van der Waals surface area contributed by atoms with Gasteiger partial charge in [0.25, 0.3) is 0 Å². The number of aliphatic hydroxyl groups excluding tert-OH is 1. The molecule has 2 aromatic carbocycles. The van der Waals surface area contributed by atoms with Crippen molar-refractivity contribution in [2.24, 2.45) is 5.92 Å². The van der Waals surface area contributed by atoms with E-state index in [2.05, 4.69) is 10.5 Å². The number of para-hydroxylation sites is 1. The van der Waals surface area contributed by atoms with Crippen LogP contribution in [0.5, 0.6) is 5.75 Å². The molecule has 0 aliphatic carbocycles. The van der Waals surface area contributed by atoms with Crippen molar-refractivity contribution in [2.75, 3.05) is 24.6 Å². The average molecular weight is 582 g/mol. The first kappa shape index (κ1) is 30.1. The van der Waals surface area contributed by atoms with Gasteiger partial charge in [-0.05, 0) is 45.7 Å². The minimum absolute atomic E-state index is 0.0237. The third kappa shape index (κ3) is 7.26. The fourth-order valence-corrected chi connectivity index (χ4v) is 4.56. The van der Waals surface area contributed by atoms with Crippen LogP contribution in [-0.2, 0) is 14.3 Å². The van der Waals surface area contributed by atoms with Crippen molar-refractivity contribution in [3.05, 3.63) is 53.6 Å². The molecule has 1 aromatic heterocycles. The van der Waals surface area contributed by atoms with E-state index in [0.717, 1.165) is 5.39 Å². The van der Waals surface area contributed by atoms with Crippen molar-refractivity contribution >= 4 is 28.7 Å². The standard InChI is InChI=1S/C28H31F4N3O6/c1-28(2,3)40-22(37)13-19(20(36)14-39-25-23(31)17(29)12-18(30)24(25)32)33-27(38)15-8-10-35(11-9-15)26-16-6-4-5-7-21(16)41-34-26/h4-7,12,15,19-20,36H,8-11,13-14H2,1-3H3,(H,33,38)/t19-,20?/m0/s1. The first-order valence-electron chi connectivity index (χ1n) is 13.1. The Morgan fingerprint density at radius 3 is 2.39 bits per heavy atom. The average Bonchev–Trinajstić information content (AvgIpc) is 3.34. The molecule has 2 atom stereocenters. The van der Waals surface area contributed by atoms with E-state index < -0.39 is 77.6 Å². The highest BCUT2D eigenvalue weighted by molar-refractivity contribution is 5.88. The number of anilines is 1. The number of fused-ring (bicyclic) bond motifs is 1. The summed E-state index contributed by atoms with van der Waals surface area (Å²) in [6.45, 7) is 4.99. The maximum Gasteiger partial charge on any atom is 0.308 e.